The summed E-state index contributed by atoms with van der Waals surface area (Å²) in [6.07, 6.45) is 0. The molecule has 2 nitrogen and oxygen atoms in total. The summed E-state index contributed by atoms with van der Waals surface area (Å²) in [7, 11) is 0. The Balaban J connectivity index is 2.54. The molecule has 0 bridgehead atoms. The van der Waals surface area contributed by atoms with Gasteiger partial charge in [-0.2, -0.15) is 0 Å². The summed E-state index contributed by atoms with van der Waals surface area (Å²) in [5.41, 5.74) is 2.24. The molecular formula is C15H25FN2. The highest BCUT2D eigenvalue weighted by atomic mass is 19.1. The van der Waals surface area contributed by atoms with E-state index in [9.17, 15) is 4.39 Å². The van der Waals surface area contributed by atoms with Crippen molar-refractivity contribution in [3.8, 4) is 0 Å². The summed E-state index contributed by atoms with van der Waals surface area (Å²) in [5.74, 6) is -0.146. The van der Waals surface area contributed by atoms with Crippen LogP contribution in [-0.2, 0) is 6.54 Å². The fourth-order valence-corrected chi connectivity index (χ4v) is 1.91. The predicted octanol–water partition coefficient (Wildman–Crippen LogP) is 2.95. The standard InChI is InChI=1S/C15H25FN2/c1-5-18(9-8-17-12(2)3)11-14-10-15(16)7-6-13(14)4/h6-7,10,12,17H,5,8-9,11H2,1-4H3. The Labute approximate surface area is 110 Å². The minimum absolute atomic E-state index is 0.146. The van der Waals surface area contributed by atoms with Gasteiger partial charge in [-0.25, -0.2) is 4.39 Å². The van der Waals surface area contributed by atoms with E-state index in [0.29, 0.717) is 6.04 Å². The van der Waals surface area contributed by atoms with Gasteiger partial charge in [0.15, 0.2) is 0 Å². The van der Waals surface area contributed by atoms with Gasteiger partial charge in [-0.05, 0) is 36.7 Å². The fourth-order valence-electron chi connectivity index (χ4n) is 1.91. The minimum atomic E-state index is -0.146. The lowest BCUT2D eigenvalue weighted by Crippen LogP contribution is -2.34. The molecule has 0 aliphatic heterocycles. The van der Waals surface area contributed by atoms with E-state index >= 15 is 0 Å². The highest BCUT2D eigenvalue weighted by molar-refractivity contribution is 5.26. The summed E-state index contributed by atoms with van der Waals surface area (Å²) >= 11 is 0. The zero-order chi connectivity index (χ0) is 13.5. The molecule has 3 heteroatoms. The van der Waals surface area contributed by atoms with Crippen LogP contribution in [0, 0.1) is 12.7 Å². The second kappa shape index (κ2) is 7.49. The molecule has 0 unspecified atom stereocenters. The molecule has 0 amide bonds. The molecule has 0 radical (unpaired) electrons. The first-order chi connectivity index (χ1) is 8.52. The van der Waals surface area contributed by atoms with E-state index in [1.54, 1.807) is 6.07 Å². The third-order valence-corrected chi connectivity index (χ3v) is 3.13. The molecule has 0 saturated heterocycles. The van der Waals surface area contributed by atoms with Gasteiger partial charge in [-0.3, -0.25) is 4.90 Å². The van der Waals surface area contributed by atoms with Gasteiger partial charge in [-0.1, -0.05) is 26.8 Å². The molecule has 0 aliphatic carbocycles. The summed E-state index contributed by atoms with van der Waals surface area (Å²) < 4.78 is 13.2. The third-order valence-electron chi connectivity index (χ3n) is 3.13. The maximum Gasteiger partial charge on any atom is 0.123 e. The molecule has 102 valence electrons. The number of hydrogen-bond acceptors (Lipinski definition) is 2. The number of benzene rings is 1. The Bertz CT molecular complexity index is 364. The monoisotopic (exact) mass is 252 g/mol. The minimum Gasteiger partial charge on any atom is -0.313 e. The van der Waals surface area contributed by atoms with Gasteiger partial charge in [0.2, 0.25) is 0 Å². The number of nitrogens with zero attached hydrogens (tertiary/aromatic N) is 1. The number of rotatable bonds is 7. The Kier molecular flexibility index (Phi) is 6.30. The van der Waals surface area contributed by atoms with E-state index in [-0.39, 0.29) is 5.82 Å². The Hall–Kier alpha value is -0.930. The number of halogens is 1. The second-order valence-electron chi connectivity index (χ2n) is 5.05. The molecule has 0 aliphatic rings. The Morgan fingerprint density at radius 1 is 1.33 bits per heavy atom. The maximum atomic E-state index is 13.2. The van der Waals surface area contributed by atoms with E-state index in [1.165, 1.54) is 6.07 Å². The number of likely N-dealkylation sites (N-methyl/N-ethyl adjacent to an activating group) is 1. The molecule has 0 spiro atoms. The Morgan fingerprint density at radius 3 is 2.67 bits per heavy atom. The topological polar surface area (TPSA) is 15.3 Å². The zero-order valence-electron chi connectivity index (χ0n) is 12.0. The van der Waals surface area contributed by atoms with Crippen molar-refractivity contribution in [1.29, 1.82) is 0 Å². The van der Waals surface area contributed by atoms with Crippen LogP contribution in [0.15, 0.2) is 18.2 Å². The van der Waals surface area contributed by atoms with E-state index in [0.717, 1.165) is 37.3 Å². The van der Waals surface area contributed by atoms with Crippen LogP contribution < -0.4 is 5.32 Å². The first kappa shape index (κ1) is 15.1. The molecule has 0 saturated carbocycles. The van der Waals surface area contributed by atoms with Crippen LogP contribution in [-0.4, -0.2) is 30.6 Å². The number of nitrogens with one attached hydrogen (secondary N) is 1. The first-order valence-corrected chi connectivity index (χ1v) is 6.73. The quantitative estimate of drug-likeness (QED) is 0.802. The van der Waals surface area contributed by atoms with E-state index in [2.05, 4.69) is 31.0 Å². The smallest absolute Gasteiger partial charge is 0.123 e. The summed E-state index contributed by atoms with van der Waals surface area (Å²) in [5, 5.41) is 3.41. The average molecular weight is 252 g/mol. The van der Waals surface area contributed by atoms with Crippen molar-refractivity contribution >= 4 is 0 Å². The lowest BCUT2D eigenvalue weighted by atomic mass is 10.1. The molecule has 1 aromatic carbocycles. The van der Waals surface area contributed by atoms with Gasteiger partial charge in [0, 0.05) is 25.7 Å². The second-order valence-corrected chi connectivity index (χ2v) is 5.05. The third kappa shape index (κ3) is 5.15. The SMILES string of the molecule is CCN(CCNC(C)C)Cc1cc(F)ccc1C. The lowest BCUT2D eigenvalue weighted by Gasteiger charge is -2.22. The van der Waals surface area contributed by atoms with Crippen LogP contribution in [0.5, 0.6) is 0 Å². The zero-order valence-corrected chi connectivity index (χ0v) is 12.0. The van der Waals surface area contributed by atoms with Crippen molar-refractivity contribution in [3.05, 3.63) is 35.1 Å². The van der Waals surface area contributed by atoms with Gasteiger partial charge >= 0.3 is 0 Å². The van der Waals surface area contributed by atoms with Crippen molar-refractivity contribution in [2.45, 2.75) is 40.3 Å². The molecule has 0 aromatic heterocycles. The molecule has 1 N–H and O–H groups in total. The van der Waals surface area contributed by atoms with Crippen molar-refractivity contribution in [2.24, 2.45) is 0 Å². The summed E-state index contributed by atoms with van der Waals surface area (Å²) in [6, 6.07) is 5.54. The van der Waals surface area contributed by atoms with Crippen LogP contribution in [0.3, 0.4) is 0 Å². The molecule has 0 fully saturated rings. The number of hydrogen-bond donors (Lipinski definition) is 1. The van der Waals surface area contributed by atoms with Gasteiger partial charge in [0.05, 0.1) is 0 Å². The van der Waals surface area contributed by atoms with Gasteiger partial charge < -0.3 is 5.32 Å². The van der Waals surface area contributed by atoms with Gasteiger partial charge in [0.1, 0.15) is 5.82 Å². The van der Waals surface area contributed by atoms with Crippen molar-refractivity contribution in [2.75, 3.05) is 19.6 Å². The van der Waals surface area contributed by atoms with Crippen LogP contribution in [0.25, 0.3) is 0 Å². The Morgan fingerprint density at radius 2 is 2.06 bits per heavy atom. The van der Waals surface area contributed by atoms with E-state index in [4.69, 9.17) is 0 Å². The van der Waals surface area contributed by atoms with Crippen LogP contribution in [0.2, 0.25) is 0 Å². The molecule has 18 heavy (non-hydrogen) atoms. The molecule has 0 atom stereocenters. The van der Waals surface area contributed by atoms with Crippen molar-refractivity contribution < 1.29 is 4.39 Å². The van der Waals surface area contributed by atoms with Crippen LogP contribution in [0.4, 0.5) is 4.39 Å². The van der Waals surface area contributed by atoms with E-state index < -0.39 is 0 Å². The van der Waals surface area contributed by atoms with Gasteiger partial charge in [0.25, 0.3) is 0 Å². The molecule has 1 aromatic rings. The van der Waals surface area contributed by atoms with Crippen molar-refractivity contribution in [1.82, 2.24) is 10.2 Å². The largest absolute Gasteiger partial charge is 0.313 e. The molecular weight excluding hydrogens is 227 g/mol. The predicted molar refractivity (Wildman–Crippen MR) is 75.2 cm³/mol. The summed E-state index contributed by atoms with van der Waals surface area (Å²) in [6.45, 7) is 12.2. The maximum absolute atomic E-state index is 13.2. The van der Waals surface area contributed by atoms with Gasteiger partial charge in [-0.15, -0.1) is 0 Å². The molecule has 0 heterocycles. The molecule has 1 rings (SSSR count). The highest BCUT2D eigenvalue weighted by Crippen LogP contribution is 2.12. The highest BCUT2D eigenvalue weighted by Gasteiger charge is 2.07. The normalized spacial score (nSPS) is 11.5. The van der Waals surface area contributed by atoms with Crippen molar-refractivity contribution in [3.63, 3.8) is 0 Å². The summed E-state index contributed by atoms with van der Waals surface area (Å²) in [4.78, 5) is 2.33. The number of aryl methyl sites for hydroxylation is 1. The van der Waals surface area contributed by atoms with E-state index in [1.807, 2.05) is 13.0 Å². The van der Waals surface area contributed by atoms with Crippen LogP contribution >= 0.6 is 0 Å². The van der Waals surface area contributed by atoms with Crippen LogP contribution in [0.1, 0.15) is 31.9 Å². The first-order valence-electron chi connectivity index (χ1n) is 6.73. The average Bonchev–Trinajstić information content (AvgIpc) is 2.32. The lowest BCUT2D eigenvalue weighted by molar-refractivity contribution is 0.275. The fraction of sp³-hybridized carbons (Fsp3) is 0.600.